The average molecular weight is 461 g/mol. The van der Waals surface area contributed by atoms with Crippen molar-refractivity contribution >= 4 is 27.3 Å². The number of sulfonamides is 1. The Kier molecular flexibility index (Phi) is 6.36. The molecule has 0 saturated carbocycles. The van der Waals surface area contributed by atoms with Crippen molar-refractivity contribution in [3.8, 4) is 17.0 Å². The van der Waals surface area contributed by atoms with Gasteiger partial charge >= 0.3 is 0 Å². The van der Waals surface area contributed by atoms with Crippen LogP contribution in [-0.4, -0.2) is 57.7 Å². The summed E-state index contributed by atoms with van der Waals surface area (Å²) >= 11 is 0. The van der Waals surface area contributed by atoms with E-state index in [-0.39, 0.29) is 23.4 Å². The van der Waals surface area contributed by atoms with Crippen molar-refractivity contribution in [1.82, 2.24) is 9.88 Å². The van der Waals surface area contributed by atoms with E-state index in [1.807, 2.05) is 19.2 Å². The zero-order valence-corrected chi connectivity index (χ0v) is 19.3. The second kappa shape index (κ2) is 9.05. The fourth-order valence-corrected chi connectivity index (χ4v) is 4.78. The lowest BCUT2D eigenvalue weighted by Crippen LogP contribution is -2.38. The van der Waals surface area contributed by atoms with Crippen LogP contribution in [0.2, 0.25) is 0 Å². The van der Waals surface area contributed by atoms with E-state index >= 15 is 0 Å². The van der Waals surface area contributed by atoms with Gasteiger partial charge in [-0.2, -0.15) is 0 Å². The van der Waals surface area contributed by atoms with E-state index in [0.29, 0.717) is 18.8 Å². The number of hydrogen-bond donors (Lipinski definition) is 2. The third-order valence-electron chi connectivity index (χ3n) is 5.77. The van der Waals surface area contributed by atoms with E-state index in [4.69, 9.17) is 9.47 Å². The van der Waals surface area contributed by atoms with Crippen molar-refractivity contribution in [2.45, 2.75) is 26.1 Å². The maximum absolute atomic E-state index is 13.0. The predicted molar refractivity (Wildman–Crippen MR) is 122 cm³/mol. The van der Waals surface area contributed by atoms with Gasteiger partial charge in [0, 0.05) is 29.6 Å². The van der Waals surface area contributed by atoms with Gasteiger partial charge in [-0.15, -0.1) is 0 Å². The molecule has 0 bridgehead atoms. The molecule has 4 rings (SSSR count). The van der Waals surface area contributed by atoms with E-state index in [9.17, 15) is 13.2 Å². The van der Waals surface area contributed by atoms with Gasteiger partial charge in [0.15, 0.2) is 0 Å². The predicted octanol–water partition coefficient (Wildman–Crippen LogP) is 2.44. The Balaban J connectivity index is 1.67. The Morgan fingerprint density at radius 1 is 1.22 bits per heavy atom. The molecule has 1 unspecified atom stereocenters. The lowest BCUT2D eigenvalue weighted by Gasteiger charge is -2.29. The summed E-state index contributed by atoms with van der Waals surface area (Å²) in [6.07, 6.45) is 4.56. The van der Waals surface area contributed by atoms with Crippen molar-refractivity contribution in [1.29, 1.82) is 0 Å². The zero-order valence-electron chi connectivity index (χ0n) is 18.5. The molecule has 1 amide bonds. The quantitative estimate of drug-likeness (QED) is 0.681. The molecule has 2 aliphatic rings. The number of pyridine rings is 1. The van der Waals surface area contributed by atoms with Crippen molar-refractivity contribution < 1.29 is 22.7 Å². The fraction of sp³-hybridized carbons (Fsp3) is 0.455. The Bertz CT molecular complexity index is 1140. The topological polar surface area (TPSA) is 110 Å². The molecular formula is C22H28N4O5S. The summed E-state index contributed by atoms with van der Waals surface area (Å²) in [4.78, 5) is 19.4. The Morgan fingerprint density at radius 2 is 2.00 bits per heavy atom. The number of likely N-dealkylation sites (tertiary alicyclic amines) is 1. The van der Waals surface area contributed by atoms with Crippen LogP contribution in [0.1, 0.15) is 24.0 Å². The normalized spacial score (nSPS) is 18.8. The van der Waals surface area contributed by atoms with Crippen LogP contribution < -0.4 is 14.8 Å². The highest BCUT2D eigenvalue weighted by Gasteiger charge is 2.26. The summed E-state index contributed by atoms with van der Waals surface area (Å²) in [6, 6.07) is 5.55. The molecule has 1 aromatic heterocycles. The van der Waals surface area contributed by atoms with E-state index in [1.54, 1.807) is 12.3 Å². The average Bonchev–Trinajstić information content (AvgIpc) is 3.21. The number of rotatable bonds is 6. The minimum Gasteiger partial charge on any atom is -0.480 e. The highest BCUT2D eigenvalue weighted by atomic mass is 32.2. The smallest absolute Gasteiger partial charge is 0.238 e. The molecule has 10 heteroatoms. The largest absolute Gasteiger partial charge is 0.480 e. The summed E-state index contributed by atoms with van der Waals surface area (Å²) in [7, 11) is -0.0490. The lowest BCUT2D eigenvalue weighted by atomic mass is 9.96. The molecule has 32 heavy (non-hydrogen) atoms. The molecule has 2 aromatic rings. The van der Waals surface area contributed by atoms with Crippen LogP contribution in [0.25, 0.3) is 11.1 Å². The Morgan fingerprint density at radius 3 is 2.72 bits per heavy atom. The van der Waals surface area contributed by atoms with Gasteiger partial charge in [-0.05, 0) is 55.8 Å². The number of piperidine rings is 1. The molecule has 0 aliphatic carbocycles. The number of methoxy groups -OCH3 is 1. The maximum Gasteiger partial charge on any atom is 0.238 e. The Hall–Kier alpha value is -2.69. The molecule has 1 fully saturated rings. The fourth-order valence-electron chi connectivity index (χ4n) is 4.23. The first-order valence-corrected chi connectivity index (χ1v) is 12.4. The first-order valence-electron chi connectivity index (χ1n) is 10.5. The third-order valence-corrected chi connectivity index (χ3v) is 6.36. The first kappa shape index (κ1) is 22.5. The van der Waals surface area contributed by atoms with E-state index < -0.39 is 10.0 Å². The highest BCUT2D eigenvalue weighted by molar-refractivity contribution is 7.92. The molecule has 9 nitrogen and oxygen atoms in total. The second-order valence-electron chi connectivity index (χ2n) is 8.40. The van der Waals surface area contributed by atoms with Crippen molar-refractivity contribution in [2.24, 2.45) is 5.92 Å². The van der Waals surface area contributed by atoms with E-state index in [1.165, 1.54) is 7.11 Å². The molecule has 1 atom stereocenters. The Labute approximate surface area is 188 Å². The standard InChI is InChI=1S/C22H28N4O5S/c1-26-6-4-5-14(11-26)21(27)24-19-8-15(7-17-12-31-13-18(17)19)16-9-20(25-32(3,28)29)22(30-2)23-10-16/h7-10,14,25H,4-6,11-13H2,1-3H3,(H,24,27). The number of ether oxygens (including phenoxy) is 2. The number of fused-ring (bicyclic) bond motifs is 1. The van der Waals surface area contributed by atoms with Gasteiger partial charge in [0.2, 0.25) is 21.8 Å². The number of hydrogen-bond acceptors (Lipinski definition) is 7. The highest BCUT2D eigenvalue weighted by Crippen LogP contribution is 2.36. The number of carbonyl (C=O) groups is 1. The van der Waals surface area contributed by atoms with E-state index in [0.717, 1.165) is 54.6 Å². The van der Waals surface area contributed by atoms with Crippen LogP contribution in [0.5, 0.6) is 5.88 Å². The van der Waals surface area contributed by atoms with E-state index in [2.05, 4.69) is 19.9 Å². The molecular weight excluding hydrogens is 432 g/mol. The molecule has 0 radical (unpaired) electrons. The summed E-state index contributed by atoms with van der Waals surface area (Å²) in [5, 5.41) is 3.12. The van der Waals surface area contributed by atoms with Crippen molar-refractivity contribution in [3.63, 3.8) is 0 Å². The van der Waals surface area contributed by atoms with Gasteiger partial charge in [0.1, 0.15) is 5.69 Å². The maximum atomic E-state index is 13.0. The van der Waals surface area contributed by atoms with Gasteiger partial charge < -0.3 is 19.7 Å². The van der Waals surface area contributed by atoms with Crippen molar-refractivity contribution in [2.75, 3.05) is 43.5 Å². The zero-order chi connectivity index (χ0) is 22.9. The number of anilines is 2. The van der Waals surface area contributed by atoms with Gasteiger partial charge in [-0.25, -0.2) is 13.4 Å². The minimum atomic E-state index is -3.51. The van der Waals surface area contributed by atoms with Crippen LogP contribution in [0.3, 0.4) is 0 Å². The van der Waals surface area contributed by atoms with Crippen molar-refractivity contribution in [3.05, 3.63) is 35.5 Å². The number of aromatic nitrogens is 1. The number of nitrogens with zero attached hydrogens (tertiary/aromatic N) is 2. The monoisotopic (exact) mass is 460 g/mol. The third kappa shape index (κ3) is 5.03. The SMILES string of the molecule is COc1ncc(-c2cc3c(c(NC(=O)C4CCCN(C)C4)c2)COC3)cc1NS(C)(=O)=O. The summed E-state index contributed by atoms with van der Waals surface area (Å²) < 4.78 is 36.8. The van der Waals surface area contributed by atoms with Crippen LogP contribution in [-0.2, 0) is 32.8 Å². The molecule has 2 aliphatic heterocycles. The van der Waals surface area contributed by atoms with Gasteiger partial charge in [-0.3, -0.25) is 9.52 Å². The molecule has 0 spiro atoms. The second-order valence-corrected chi connectivity index (χ2v) is 10.1. The molecule has 2 N–H and O–H groups in total. The molecule has 1 saturated heterocycles. The van der Waals surface area contributed by atoms with Crippen LogP contribution in [0, 0.1) is 5.92 Å². The summed E-state index contributed by atoms with van der Waals surface area (Å²) in [6.45, 7) is 2.65. The molecule has 3 heterocycles. The number of nitrogens with one attached hydrogen (secondary N) is 2. The summed E-state index contributed by atoms with van der Waals surface area (Å²) in [5.41, 5.74) is 4.44. The summed E-state index contributed by atoms with van der Waals surface area (Å²) in [5.74, 6) is 0.136. The van der Waals surface area contributed by atoms with Crippen LogP contribution >= 0.6 is 0 Å². The number of amides is 1. The molecule has 1 aromatic carbocycles. The van der Waals surface area contributed by atoms with Crippen LogP contribution in [0.15, 0.2) is 24.4 Å². The number of carbonyl (C=O) groups excluding carboxylic acids is 1. The number of benzene rings is 1. The first-order chi connectivity index (χ1) is 15.2. The lowest BCUT2D eigenvalue weighted by molar-refractivity contribution is -0.121. The van der Waals surface area contributed by atoms with Gasteiger partial charge in [-0.1, -0.05) is 0 Å². The van der Waals surface area contributed by atoms with Gasteiger partial charge in [0.25, 0.3) is 0 Å². The minimum absolute atomic E-state index is 0.00934. The van der Waals surface area contributed by atoms with Gasteiger partial charge in [0.05, 0.1) is 32.5 Å². The molecule has 172 valence electrons. The van der Waals surface area contributed by atoms with Crippen LogP contribution in [0.4, 0.5) is 11.4 Å².